The highest BCUT2D eigenvalue weighted by Gasteiger charge is 2.26. The van der Waals surface area contributed by atoms with Crippen molar-refractivity contribution in [3.8, 4) is 11.5 Å². The SMILES string of the molecule is O=C(CNC(=O)c1ccco1)NCC(=O)N(Cc1ccc2c(c1)OCO2)C1CCCCC1. The molecule has 2 aromatic rings. The van der Waals surface area contributed by atoms with Gasteiger partial charge in [-0.3, -0.25) is 14.4 Å². The number of benzene rings is 1. The summed E-state index contributed by atoms with van der Waals surface area (Å²) in [4.78, 5) is 38.9. The maximum atomic E-state index is 13.1. The molecule has 0 bridgehead atoms. The standard InChI is InChI=1S/C23H27N3O6/c27-21(12-25-23(29)19-7-4-10-30-19)24-13-22(28)26(17-5-2-1-3-6-17)14-16-8-9-18-20(11-16)32-15-31-18/h4,7-11,17H,1-3,5-6,12-15H2,(H,24,27)(H,25,29). The van der Waals surface area contributed by atoms with Crippen molar-refractivity contribution >= 4 is 17.7 Å². The van der Waals surface area contributed by atoms with Gasteiger partial charge < -0.3 is 29.4 Å². The Morgan fingerprint density at radius 3 is 2.56 bits per heavy atom. The van der Waals surface area contributed by atoms with Gasteiger partial charge in [-0.05, 0) is 42.7 Å². The fraction of sp³-hybridized carbons (Fsp3) is 0.435. The number of furan rings is 1. The first-order valence-corrected chi connectivity index (χ1v) is 10.9. The van der Waals surface area contributed by atoms with Crippen LogP contribution in [-0.2, 0) is 16.1 Å². The summed E-state index contributed by atoms with van der Waals surface area (Å²) >= 11 is 0. The first-order valence-electron chi connectivity index (χ1n) is 10.9. The third-order valence-electron chi connectivity index (χ3n) is 5.72. The highest BCUT2D eigenvalue weighted by Crippen LogP contribution is 2.33. The maximum Gasteiger partial charge on any atom is 0.287 e. The molecule has 32 heavy (non-hydrogen) atoms. The van der Waals surface area contributed by atoms with Crippen LogP contribution in [0.5, 0.6) is 11.5 Å². The molecular formula is C23H27N3O6. The fourth-order valence-corrected chi connectivity index (χ4v) is 4.04. The third-order valence-corrected chi connectivity index (χ3v) is 5.72. The second-order valence-corrected chi connectivity index (χ2v) is 7.94. The topological polar surface area (TPSA) is 110 Å². The zero-order valence-corrected chi connectivity index (χ0v) is 17.8. The molecule has 3 amide bonds. The number of carbonyl (C=O) groups excluding carboxylic acids is 3. The van der Waals surface area contributed by atoms with E-state index < -0.39 is 11.8 Å². The highest BCUT2D eigenvalue weighted by atomic mass is 16.7. The van der Waals surface area contributed by atoms with Gasteiger partial charge in [-0.15, -0.1) is 0 Å². The molecule has 2 heterocycles. The zero-order chi connectivity index (χ0) is 22.3. The molecule has 0 saturated heterocycles. The Kier molecular flexibility index (Phi) is 6.94. The summed E-state index contributed by atoms with van der Waals surface area (Å²) in [6, 6.07) is 8.91. The maximum absolute atomic E-state index is 13.1. The normalized spacial score (nSPS) is 15.2. The predicted molar refractivity (Wildman–Crippen MR) is 114 cm³/mol. The monoisotopic (exact) mass is 441 g/mol. The van der Waals surface area contributed by atoms with Crippen LogP contribution in [0.3, 0.4) is 0 Å². The lowest BCUT2D eigenvalue weighted by molar-refractivity contribution is -0.135. The van der Waals surface area contributed by atoms with Crippen LogP contribution in [0, 0.1) is 0 Å². The van der Waals surface area contributed by atoms with Crippen LogP contribution in [0.2, 0.25) is 0 Å². The summed E-state index contributed by atoms with van der Waals surface area (Å²) in [6.07, 6.45) is 6.62. The van der Waals surface area contributed by atoms with Gasteiger partial charge in [0.2, 0.25) is 18.6 Å². The average Bonchev–Trinajstić information content (AvgIpc) is 3.52. The van der Waals surface area contributed by atoms with E-state index in [1.165, 1.54) is 18.8 Å². The molecule has 1 saturated carbocycles. The van der Waals surface area contributed by atoms with E-state index in [1.54, 1.807) is 6.07 Å². The Labute approximate surface area is 186 Å². The highest BCUT2D eigenvalue weighted by molar-refractivity contribution is 5.94. The lowest BCUT2D eigenvalue weighted by Crippen LogP contribution is -2.47. The van der Waals surface area contributed by atoms with Crippen molar-refractivity contribution in [1.82, 2.24) is 15.5 Å². The number of amides is 3. The van der Waals surface area contributed by atoms with Gasteiger partial charge in [0.05, 0.1) is 19.4 Å². The van der Waals surface area contributed by atoms with Gasteiger partial charge in [-0.25, -0.2) is 0 Å². The quantitative estimate of drug-likeness (QED) is 0.650. The minimum Gasteiger partial charge on any atom is -0.459 e. The molecule has 0 unspecified atom stereocenters. The van der Waals surface area contributed by atoms with Crippen LogP contribution >= 0.6 is 0 Å². The minimum absolute atomic E-state index is 0.126. The largest absolute Gasteiger partial charge is 0.459 e. The number of carbonyl (C=O) groups is 3. The van der Waals surface area contributed by atoms with Crippen molar-refractivity contribution < 1.29 is 28.3 Å². The van der Waals surface area contributed by atoms with Gasteiger partial charge in [0.15, 0.2) is 17.3 Å². The Hall–Kier alpha value is -3.49. The Bertz CT molecular complexity index is 953. The molecule has 4 rings (SSSR count). The average molecular weight is 441 g/mol. The van der Waals surface area contributed by atoms with Gasteiger partial charge in [-0.2, -0.15) is 0 Å². The number of ether oxygens (including phenoxy) is 2. The number of fused-ring (bicyclic) bond motifs is 1. The molecule has 9 nitrogen and oxygen atoms in total. The lowest BCUT2D eigenvalue weighted by atomic mass is 9.93. The Morgan fingerprint density at radius 2 is 1.78 bits per heavy atom. The third kappa shape index (κ3) is 5.40. The summed E-state index contributed by atoms with van der Waals surface area (Å²) in [7, 11) is 0. The molecule has 0 atom stereocenters. The number of nitrogens with zero attached hydrogens (tertiary/aromatic N) is 1. The summed E-state index contributed by atoms with van der Waals surface area (Å²) in [5, 5.41) is 5.08. The lowest BCUT2D eigenvalue weighted by Gasteiger charge is -2.34. The van der Waals surface area contributed by atoms with E-state index in [1.807, 2.05) is 23.1 Å². The van der Waals surface area contributed by atoms with Crippen molar-refractivity contribution in [3.05, 3.63) is 47.9 Å². The molecule has 0 spiro atoms. The first kappa shape index (κ1) is 21.7. The summed E-state index contributed by atoms with van der Waals surface area (Å²) in [5.74, 6) is 0.432. The Balaban J connectivity index is 1.33. The van der Waals surface area contributed by atoms with Crippen molar-refractivity contribution in [2.24, 2.45) is 0 Å². The van der Waals surface area contributed by atoms with E-state index >= 15 is 0 Å². The van der Waals surface area contributed by atoms with Gasteiger partial charge in [0.25, 0.3) is 5.91 Å². The van der Waals surface area contributed by atoms with Crippen molar-refractivity contribution in [3.63, 3.8) is 0 Å². The fourth-order valence-electron chi connectivity index (χ4n) is 4.04. The van der Waals surface area contributed by atoms with Crippen LogP contribution < -0.4 is 20.1 Å². The smallest absolute Gasteiger partial charge is 0.287 e. The van der Waals surface area contributed by atoms with E-state index in [0.717, 1.165) is 31.2 Å². The second kappa shape index (κ2) is 10.2. The molecule has 2 N–H and O–H groups in total. The molecule has 1 aliphatic carbocycles. The zero-order valence-electron chi connectivity index (χ0n) is 17.8. The van der Waals surface area contributed by atoms with Crippen molar-refractivity contribution in [1.29, 1.82) is 0 Å². The number of hydrogen-bond acceptors (Lipinski definition) is 6. The molecule has 1 aromatic heterocycles. The van der Waals surface area contributed by atoms with Crippen molar-refractivity contribution in [2.45, 2.75) is 44.7 Å². The Morgan fingerprint density at radius 1 is 0.969 bits per heavy atom. The van der Waals surface area contributed by atoms with Gasteiger partial charge in [-0.1, -0.05) is 25.3 Å². The summed E-state index contributed by atoms with van der Waals surface area (Å²) in [6.45, 7) is 0.271. The summed E-state index contributed by atoms with van der Waals surface area (Å²) < 4.78 is 15.8. The molecule has 9 heteroatoms. The van der Waals surface area contributed by atoms with E-state index in [-0.39, 0.29) is 37.6 Å². The first-order chi connectivity index (χ1) is 15.6. The predicted octanol–water partition coefficient (Wildman–Crippen LogP) is 2.22. The molecule has 1 aliphatic heterocycles. The van der Waals surface area contributed by atoms with E-state index in [4.69, 9.17) is 13.9 Å². The van der Waals surface area contributed by atoms with Crippen LogP contribution in [0.1, 0.15) is 48.2 Å². The van der Waals surface area contributed by atoms with E-state index in [9.17, 15) is 14.4 Å². The second-order valence-electron chi connectivity index (χ2n) is 7.94. The van der Waals surface area contributed by atoms with Crippen LogP contribution in [-0.4, -0.2) is 48.5 Å². The van der Waals surface area contributed by atoms with E-state index in [0.29, 0.717) is 18.0 Å². The van der Waals surface area contributed by atoms with Gasteiger partial charge in [0.1, 0.15) is 0 Å². The number of hydrogen-bond donors (Lipinski definition) is 2. The number of rotatable bonds is 8. The minimum atomic E-state index is -0.483. The van der Waals surface area contributed by atoms with Crippen LogP contribution in [0.15, 0.2) is 41.0 Å². The van der Waals surface area contributed by atoms with Crippen LogP contribution in [0.25, 0.3) is 0 Å². The molecule has 170 valence electrons. The summed E-state index contributed by atoms with van der Waals surface area (Å²) in [5.41, 5.74) is 0.949. The van der Waals surface area contributed by atoms with Gasteiger partial charge >= 0.3 is 0 Å². The molecular weight excluding hydrogens is 414 g/mol. The van der Waals surface area contributed by atoms with E-state index in [2.05, 4.69) is 10.6 Å². The molecule has 1 fully saturated rings. The van der Waals surface area contributed by atoms with Crippen LogP contribution in [0.4, 0.5) is 0 Å². The van der Waals surface area contributed by atoms with Gasteiger partial charge in [0, 0.05) is 12.6 Å². The van der Waals surface area contributed by atoms with Crippen molar-refractivity contribution in [2.75, 3.05) is 19.9 Å². The molecule has 0 radical (unpaired) electrons. The number of nitrogens with one attached hydrogen (secondary N) is 2. The molecule has 2 aliphatic rings. The molecule has 1 aromatic carbocycles.